The highest BCUT2D eigenvalue weighted by molar-refractivity contribution is 6.32. The summed E-state index contributed by atoms with van der Waals surface area (Å²) in [5.74, 6) is 0.0897. The van der Waals surface area contributed by atoms with Crippen LogP contribution < -0.4 is 15.0 Å². The highest BCUT2D eigenvalue weighted by Gasteiger charge is 2.24. The zero-order valence-electron chi connectivity index (χ0n) is 24.9. The average Bonchev–Trinajstić information content (AvgIpc) is 3.00. The monoisotopic (exact) mass is 593 g/mol. The third-order valence-corrected chi connectivity index (χ3v) is 7.65. The number of aromatic nitrogens is 1. The van der Waals surface area contributed by atoms with E-state index in [1.807, 2.05) is 64.3 Å². The largest absolute Gasteiger partial charge is 0.494 e. The zero-order chi connectivity index (χ0) is 30.1. The molecule has 0 aliphatic heterocycles. The van der Waals surface area contributed by atoms with E-state index >= 15 is 0 Å². The van der Waals surface area contributed by atoms with Gasteiger partial charge in [0.2, 0.25) is 0 Å². The van der Waals surface area contributed by atoms with E-state index < -0.39 is 11.9 Å². The van der Waals surface area contributed by atoms with Crippen molar-refractivity contribution in [3.8, 4) is 33.9 Å². The highest BCUT2D eigenvalue weighted by Crippen LogP contribution is 2.38. The van der Waals surface area contributed by atoms with Gasteiger partial charge in [0, 0.05) is 17.7 Å². The second-order valence-electron chi connectivity index (χ2n) is 10.8. The van der Waals surface area contributed by atoms with E-state index in [1.165, 1.54) is 0 Å². The maximum absolute atomic E-state index is 13.1. The molecule has 42 heavy (non-hydrogen) atoms. The molecule has 0 saturated heterocycles. The number of carbonyl (C=O) groups excluding carboxylic acids is 2. The third-order valence-electron chi connectivity index (χ3n) is 7.33. The molecule has 1 aromatic heterocycles. The van der Waals surface area contributed by atoms with E-state index in [2.05, 4.69) is 10.4 Å². The van der Waals surface area contributed by atoms with Crippen LogP contribution in [0.25, 0.3) is 22.4 Å². The molecule has 0 unspecified atom stereocenters. The Morgan fingerprint density at radius 1 is 1.00 bits per heavy atom. The fourth-order valence-corrected chi connectivity index (χ4v) is 5.24. The second kappa shape index (κ2) is 15.0. The predicted molar refractivity (Wildman–Crippen MR) is 165 cm³/mol. The molecule has 3 aromatic rings. The van der Waals surface area contributed by atoms with Crippen LogP contribution in [-0.2, 0) is 9.63 Å². The molecule has 0 bridgehead atoms. The number of halogens is 1. The van der Waals surface area contributed by atoms with Gasteiger partial charge in [-0.05, 0) is 94.7 Å². The van der Waals surface area contributed by atoms with Crippen LogP contribution in [0.5, 0.6) is 11.5 Å². The zero-order valence-corrected chi connectivity index (χ0v) is 25.6. The standard InChI is InChI=1S/C33H40ClN3O5/c1-5-40-25-14-12-22(2)27(21-25)26-15-17-29(32(38)36-42-33(39)23-10-7-6-8-11-23)35-31(26)24-13-16-28(34)30(20-24)41-19-9-18-37(3)4/h12-17,20-21,23H,5-11,18-19H2,1-4H3,(H,36,38). The fourth-order valence-electron chi connectivity index (χ4n) is 5.07. The quantitative estimate of drug-likeness (QED) is 0.191. The summed E-state index contributed by atoms with van der Waals surface area (Å²) in [5, 5.41) is 0.489. The molecule has 1 aliphatic carbocycles. The van der Waals surface area contributed by atoms with Gasteiger partial charge in [-0.1, -0.05) is 43.0 Å². The molecule has 1 amide bonds. The minimum absolute atomic E-state index is 0.118. The number of pyridine rings is 1. The van der Waals surface area contributed by atoms with Crippen molar-refractivity contribution in [1.29, 1.82) is 0 Å². The lowest BCUT2D eigenvalue weighted by molar-refractivity contribution is -0.155. The Morgan fingerprint density at radius 2 is 1.79 bits per heavy atom. The number of benzene rings is 2. The molecule has 4 rings (SSSR count). The molecule has 224 valence electrons. The number of carbonyl (C=O) groups is 2. The highest BCUT2D eigenvalue weighted by atomic mass is 35.5. The molecule has 2 aromatic carbocycles. The topological polar surface area (TPSA) is 90.0 Å². The van der Waals surface area contributed by atoms with Gasteiger partial charge in [0.05, 0.1) is 29.8 Å². The molecular weight excluding hydrogens is 554 g/mol. The van der Waals surface area contributed by atoms with E-state index in [9.17, 15) is 9.59 Å². The average molecular weight is 594 g/mol. The maximum atomic E-state index is 13.1. The van der Waals surface area contributed by atoms with Gasteiger partial charge in [-0.15, -0.1) is 0 Å². The fraction of sp³-hybridized carbons (Fsp3) is 0.424. The first-order chi connectivity index (χ1) is 20.3. The van der Waals surface area contributed by atoms with Crippen molar-refractivity contribution < 1.29 is 23.9 Å². The first-order valence-corrected chi connectivity index (χ1v) is 15.0. The van der Waals surface area contributed by atoms with Gasteiger partial charge >= 0.3 is 11.9 Å². The number of hydroxylamine groups is 1. The Bertz CT molecular complexity index is 1390. The van der Waals surface area contributed by atoms with Crippen LogP contribution in [0.4, 0.5) is 0 Å². The van der Waals surface area contributed by atoms with Crippen LogP contribution in [0.1, 0.15) is 61.5 Å². The minimum Gasteiger partial charge on any atom is -0.494 e. The molecule has 0 radical (unpaired) electrons. The molecule has 8 nitrogen and oxygen atoms in total. The van der Waals surface area contributed by atoms with Gasteiger partial charge in [0.15, 0.2) is 0 Å². The Kier molecular flexibility index (Phi) is 11.2. The number of hydrogen-bond acceptors (Lipinski definition) is 7. The van der Waals surface area contributed by atoms with Gasteiger partial charge in [-0.3, -0.25) is 4.79 Å². The van der Waals surface area contributed by atoms with Crippen molar-refractivity contribution in [3.63, 3.8) is 0 Å². The maximum Gasteiger partial charge on any atom is 0.335 e. The van der Waals surface area contributed by atoms with Crippen LogP contribution in [0.2, 0.25) is 5.02 Å². The number of nitrogens with zero attached hydrogens (tertiary/aromatic N) is 2. The molecular formula is C33H40ClN3O5. The molecule has 1 aliphatic rings. The van der Waals surface area contributed by atoms with Crippen molar-refractivity contribution in [1.82, 2.24) is 15.4 Å². The molecule has 9 heteroatoms. The van der Waals surface area contributed by atoms with E-state index in [-0.39, 0.29) is 11.6 Å². The Labute approximate surface area is 253 Å². The van der Waals surface area contributed by atoms with Crippen LogP contribution in [-0.4, -0.2) is 55.6 Å². The van der Waals surface area contributed by atoms with Gasteiger partial charge in [-0.25, -0.2) is 9.78 Å². The Balaban J connectivity index is 1.67. The van der Waals surface area contributed by atoms with Gasteiger partial charge in [0.25, 0.3) is 0 Å². The Morgan fingerprint density at radius 3 is 2.52 bits per heavy atom. The van der Waals surface area contributed by atoms with Crippen LogP contribution in [0.15, 0.2) is 48.5 Å². The summed E-state index contributed by atoms with van der Waals surface area (Å²) in [6.07, 6.45) is 5.51. The van der Waals surface area contributed by atoms with Crippen LogP contribution >= 0.6 is 11.6 Å². The smallest absolute Gasteiger partial charge is 0.335 e. The van der Waals surface area contributed by atoms with Crippen LogP contribution in [0, 0.1) is 12.8 Å². The SMILES string of the molecule is CCOc1ccc(C)c(-c2ccc(C(=O)NOC(=O)C3CCCCC3)nc2-c2ccc(Cl)c(OCCCN(C)C)c2)c1. The van der Waals surface area contributed by atoms with Gasteiger partial charge in [-0.2, -0.15) is 5.48 Å². The molecule has 1 N–H and O–H groups in total. The number of rotatable bonds is 11. The normalized spacial score (nSPS) is 13.6. The first kappa shape index (κ1) is 31.3. The van der Waals surface area contributed by atoms with Crippen molar-refractivity contribution in [2.75, 3.05) is 33.9 Å². The summed E-state index contributed by atoms with van der Waals surface area (Å²) in [6, 6.07) is 14.8. The van der Waals surface area contributed by atoms with Crippen molar-refractivity contribution in [3.05, 3.63) is 64.8 Å². The lowest BCUT2D eigenvalue weighted by atomic mass is 9.89. The minimum atomic E-state index is -0.596. The number of nitrogens with one attached hydrogen (secondary N) is 1. The summed E-state index contributed by atoms with van der Waals surface area (Å²) in [7, 11) is 4.03. The van der Waals surface area contributed by atoms with Crippen molar-refractivity contribution in [2.45, 2.75) is 52.4 Å². The van der Waals surface area contributed by atoms with E-state index in [0.29, 0.717) is 29.7 Å². The Hall–Kier alpha value is -3.62. The summed E-state index contributed by atoms with van der Waals surface area (Å²) >= 11 is 6.49. The van der Waals surface area contributed by atoms with Crippen molar-refractivity contribution >= 4 is 23.5 Å². The van der Waals surface area contributed by atoms with E-state index in [4.69, 9.17) is 30.9 Å². The molecule has 1 saturated carbocycles. The number of hydrogen-bond donors (Lipinski definition) is 1. The molecule has 0 atom stereocenters. The van der Waals surface area contributed by atoms with E-state index in [0.717, 1.165) is 73.1 Å². The molecule has 0 spiro atoms. The molecule has 1 heterocycles. The second-order valence-corrected chi connectivity index (χ2v) is 11.2. The van der Waals surface area contributed by atoms with Gasteiger partial charge < -0.3 is 19.2 Å². The first-order valence-electron chi connectivity index (χ1n) is 14.6. The van der Waals surface area contributed by atoms with Gasteiger partial charge in [0.1, 0.15) is 17.2 Å². The number of ether oxygens (including phenoxy) is 2. The summed E-state index contributed by atoms with van der Waals surface area (Å²) < 4.78 is 11.8. The third kappa shape index (κ3) is 8.23. The predicted octanol–water partition coefficient (Wildman–Crippen LogP) is 6.87. The summed E-state index contributed by atoms with van der Waals surface area (Å²) in [6.45, 7) is 5.89. The summed E-state index contributed by atoms with van der Waals surface area (Å²) in [4.78, 5) is 37.7. The summed E-state index contributed by atoms with van der Waals surface area (Å²) in [5.41, 5.74) is 6.48. The number of aryl methyl sites for hydroxylation is 1. The lowest BCUT2D eigenvalue weighted by Crippen LogP contribution is -2.31. The molecule has 1 fully saturated rings. The van der Waals surface area contributed by atoms with E-state index in [1.54, 1.807) is 12.1 Å². The van der Waals surface area contributed by atoms with Crippen molar-refractivity contribution in [2.24, 2.45) is 5.92 Å². The van der Waals surface area contributed by atoms with Crippen LogP contribution in [0.3, 0.4) is 0 Å². The number of amides is 1. The lowest BCUT2D eigenvalue weighted by Gasteiger charge is -2.19.